The lowest BCUT2D eigenvalue weighted by Gasteiger charge is -2.43. The molecule has 23 heavy (non-hydrogen) atoms. The summed E-state index contributed by atoms with van der Waals surface area (Å²) in [6.07, 6.45) is 1.21. The van der Waals surface area contributed by atoms with Crippen LogP contribution in [0.2, 0.25) is 5.02 Å². The summed E-state index contributed by atoms with van der Waals surface area (Å²) in [4.78, 5) is 5.05. The molecule has 0 radical (unpaired) electrons. The average molecular weight is 340 g/mol. The third-order valence-electron chi connectivity index (χ3n) is 4.61. The zero-order valence-corrected chi connectivity index (χ0v) is 15.4. The number of hydrogen-bond donors (Lipinski definition) is 1. The molecule has 0 spiro atoms. The SMILES string of the molecule is CCCN1CCN(C(CN)c2ccc(OCC)c(Cl)c2)CC1C. The Bertz CT molecular complexity index is 497. The molecule has 1 saturated heterocycles. The van der Waals surface area contributed by atoms with Crippen molar-refractivity contribution in [2.45, 2.75) is 39.3 Å². The van der Waals surface area contributed by atoms with Crippen LogP contribution in [0.3, 0.4) is 0 Å². The van der Waals surface area contributed by atoms with Crippen LogP contribution in [0.4, 0.5) is 0 Å². The minimum absolute atomic E-state index is 0.217. The Morgan fingerprint density at radius 1 is 1.35 bits per heavy atom. The molecule has 130 valence electrons. The third-order valence-corrected chi connectivity index (χ3v) is 4.91. The molecule has 0 aliphatic carbocycles. The largest absolute Gasteiger partial charge is 0.492 e. The minimum atomic E-state index is 0.217. The Balaban J connectivity index is 2.09. The zero-order valence-electron chi connectivity index (χ0n) is 14.6. The van der Waals surface area contributed by atoms with Gasteiger partial charge in [0.25, 0.3) is 0 Å². The molecule has 0 saturated carbocycles. The minimum Gasteiger partial charge on any atom is -0.492 e. The van der Waals surface area contributed by atoms with E-state index < -0.39 is 0 Å². The first-order valence-electron chi connectivity index (χ1n) is 8.71. The van der Waals surface area contributed by atoms with Gasteiger partial charge in [0.05, 0.1) is 11.6 Å². The van der Waals surface area contributed by atoms with Gasteiger partial charge in [0.1, 0.15) is 5.75 Å². The molecule has 1 aliphatic rings. The van der Waals surface area contributed by atoms with Gasteiger partial charge in [-0.15, -0.1) is 0 Å². The average Bonchev–Trinajstić information content (AvgIpc) is 2.53. The van der Waals surface area contributed by atoms with E-state index in [2.05, 4.69) is 29.7 Å². The van der Waals surface area contributed by atoms with Crippen molar-refractivity contribution in [2.24, 2.45) is 5.73 Å². The van der Waals surface area contributed by atoms with E-state index in [1.165, 1.54) is 18.5 Å². The highest BCUT2D eigenvalue weighted by atomic mass is 35.5. The van der Waals surface area contributed by atoms with E-state index in [1.54, 1.807) is 0 Å². The lowest BCUT2D eigenvalue weighted by Crippen LogP contribution is -2.53. The maximum atomic E-state index is 6.35. The third kappa shape index (κ3) is 4.60. The number of nitrogens with zero attached hydrogens (tertiary/aromatic N) is 2. The standard InChI is InChI=1S/C18H30ClN3O/c1-4-8-21-9-10-22(13-14(21)3)17(12-20)15-6-7-18(23-5-2)16(19)11-15/h6-7,11,14,17H,4-5,8-10,12-13,20H2,1-3H3. The van der Waals surface area contributed by atoms with Crippen LogP contribution in [0.25, 0.3) is 0 Å². The number of ether oxygens (including phenoxy) is 1. The van der Waals surface area contributed by atoms with Gasteiger partial charge >= 0.3 is 0 Å². The van der Waals surface area contributed by atoms with Gasteiger partial charge in [-0.05, 0) is 44.5 Å². The van der Waals surface area contributed by atoms with E-state index >= 15 is 0 Å². The molecule has 2 rings (SSSR count). The number of halogens is 1. The van der Waals surface area contributed by atoms with Crippen molar-refractivity contribution in [3.05, 3.63) is 28.8 Å². The van der Waals surface area contributed by atoms with Crippen LogP contribution in [0, 0.1) is 0 Å². The Hall–Kier alpha value is -0.810. The fourth-order valence-corrected chi connectivity index (χ4v) is 3.66. The molecule has 2 N–H and O–H groups in total. The summed E-state index contributed by atoms with van der Waals surface area (Å²) in [7, 11) is 0. The zero-order chi connectivity index (χ0) is 16.8. The number of benzene rings is 1. The van der Waals surface area contributed by atoms with Gasteiger partial charge in [0.2, 0.25) is 0 Å². The van der Waals surface area contributed by atoms with Crippen molar-refractivity contribution in [2.75, 3.05) is 39.3 Å². The molecule has 0 amide bonds. The van der Waals surface area contributed by atoms with Crippen molar-refractivity contribution in [3.8, 4) is 5.75 Å². The molecule has 1 aromatic rings. The smallest absolute Gasteiger partial charge is 0.137 e. The van der Waals surface area contributed by atoms with Gasteiger partial charge in [-0.25, -0.2) is 0 Å². The predicted molar refractivity (Wildman–Crippen MR) is 97.3 cm³/mol. The lowest BCUT2D eigenvalue weighted by atomic mass is 10.0. The van der Waals surface area contributed by atoms with E-state index in [4.69, 9.17) is 22.1 Å². The van der Waals surface area contributed by atoms with Crippen molar-refractivity contribution in [3.63, 3.8) is 0 Å². The second-order valence-electron chi connectivity index (χ2n) is 6.25. The molecule has 0 aromatic heterocycles. The van der Waals surface area contributed by atoms with Crippen LogP contribution in [-0.4, -0.2) is 55.2 Å². The molecule has 1 heterocycles. The van der Waals surface area contributed by atoms with Crippen molar-refractivity contribution < 1.29 is 4.74 Å². The summed E-state index contributed by atoms with van der Waals surface area (Å²) >= 11 is 6.35. The Morgan fingerprint density at radius 3 is 2.70 bits per heavy atom. The van der Waals surface area contributed by atoms with E-state index in [1.807, 2.05) is 19.1 Å². The number of rotatable bonds is 7. The monoisotopic (exact) mass is 339 g/mol. The second-order valence-corrected chi connectivity index (χ2v) is 6.66. The van der Waals surface area contributed by atoms with Crippen LogP contribution in [0.15, 0.2) is 18.2 Å². The maximum absolute atomic E-state index is 6.35. The second kappa shape index (κ2) is 8.88. The summed E-state index contributed by atoms with van der Waals surface area (Å²) in [6, 6.07) is 6.84. The van der Waals surface area contributed by atoms with Gasteiger partial charge in [-0.2, -0.15) is 0 Å². The molecule has 1 fully saturated rings. The summed E-state index contributed by atoms with van der Waals surface area (Å²) in [6.45, 7) is 12.1. The van der Waals surface area contributed by atoms with Crippen molar-refractivity contribution >= 4 is 11.6 Å². The quantitative estimate of drug-likeness (QED) is 0.828. The Labute approximate surface area is 145 Å². The molecular formula is C18H30ClN3O. The molecule has 2 unspecified atom stereocenters. The summed E-state index contributed by atoms with van der Waals surface area (Å²) < 4.78 is 5.53. The first-order chi connectivity index (χ1) is 11.1. The van der Waals surface area contributed by atoms with E-state index in [9.17, 15) is 0 Å². The van der Waals surface area contributed by atoms with Gasteiger partial charge in [-0.1, -0.05) is 24.6 Å². The van der Waals surface area contributed by atoms with Gasteiger partial charge in [0.15, 0.2) is 0 Å². The predicted octanol–water partition coefficient (Wildman–Crippen LogP) is 3.15. The van der Waals surface area contributed by atoms with Crippen LogP contribution >= 0.6 is 11.6 Å². The molecule has 5 heteroatoms. The van der Waals surface area contributed by atoms with E-state index in [0.717, 1.165) is 25.4 Å². The van der Waals surface area contributed by atoms with Gasteiger partial charge < -0.3 is 10.5 Å². The van der Waals surface area contributed by atoms with Crippen LogP contribution in [0.1, 0.15) is 38.8 Å². The van der Waals surface area contributed by atoms with Crippen LogP contribution in [-0.2, 0) is 0 Å². The molecule has 4 nitrogen and oxygen atoms in total. The molecule has 2 atom stereocenters. The fourth-order valence-electron chi connectivity index (χ4n) is 3.42. The van der Waals surface area contributed by atoms with Crippen molar-refractivity contribution in [1.29, 1.82) is 0 Å². The Kier molecular flexibility index (Phi) is 7.15. The lowest BCUT2D eigenvalue weighted by molar-refractivity contribution is 0.0572. The van der Waals surface area contributed by atoms with Gasteiger partial charge in [-0.3, -0.25) is 9.80 Å². The topological polar surface area (TPSA) is 41.7 Å². The fraction of sp³-hybridized carbons (Fsp3) is 0.667. The molecular weight excluding hydrogens is 310 g/mol. The normalized spacial score (nSPS) is 21.3. The van der Waals surface area contributed by atoms with Crippen LogP contribution < -0.4 is 10.5 Å². The van der Waals surface area contributed by atoms with Crippen molar-refractivity contribution in [1.82, 2.24) is 9.80 Å². The summed E-state index contributed by atoms with van der Waals surface area (Å²) in [5, 5.41) is 0.667. The van der Waals surface area contributed by atoms with Crippen LogP contribution in [0.5, 0.6) is 5.75 Å². The number of hydrogen-bond acceptors (Lipinski definition) is 4. The highest BCUT2D eigenvalue weighted by molar-refractivity contribution is 6.32. The highest BCUT2D eigenvalue weighted by Gasteiger charge is 2.28. The molecule has 1 aromatic carbocycles. The highest BCUT2D eigenvalue weighted by Crippen LogP contribution is 2.30. The van der Waals surface area contributed by atoms with E-state index in [-0.39, 0.29) is 6.04 Å². The molecule has 1 aliphatic heterocycles. The number of nitrogens with two attached hydrogens (primary N) is 1. The van der Waals surface area contributed by atoms with E-state index in [0.29, 0.717) is 24.2 Å². The number of piperazine rings is 1. The molecule has 0 bridgehead atoms. The maximum Gasteiger partial charge on any atom is 0.137 e. The first kappa shape index (κ1) is 18.5. The first-order valence-corrected chi connectivity index (χ1v) is 9.08. The Morgan fingerprint density at radius 2 is 2.13 bits per heavy atom. The van der Waals surface area contributed by atoms with Gasteiger partial charge in [0, 0.05) is 38.3 Å². The summed E-state index contributed by atoms with van der Waals surface area (Å²) in [5.74, 6) is 0.745. The summed E-state index contributed by atoms with van der Waals surface area (Å²) in [5.41, 5.74) is 7.27.